The van der Waals surface area contributed by atoms with E-state index < -0.39 is 77.3 Å². The summed E-state index contributed by atoms with van der Waals surface area (Å²) in [7, 11) is 0. The van der Waals surface area contributed by atoms with Crippen molar-refractivity contribution < 1.29 is 53.8 Å². The van der Waals surface area contributed by atoms with Gasteiger partial charge in [-0.3, -0.25) is 34.1 Å². The Morgan fingerprint density at radius 1 is 0.959 bits per heavy atom. The molecule has 392 valence electrons. The number of anilines is 2. The number of hydrogen-bond acceptors (Lipinski definition) is 16. The number of aromatic nitrogens is 1. The number of ether oxygens (including phenoxy) is 3. The van der Waals surface area contributed by atoms with Gasteiger partial charge in [-0.25, -0.2) is 0 Å². The topological polar surface area (TPSA) is 245 Å². The van der Waals surface area contributed by atoms with Gasteiger partial charge in [0.15, 0.2) is 11.4 Å². The van der Waals surface area contributed by atoms with Crippen LogP contribution in [0.15, 0.2) is 70.7 Å². The number of fused-ring (bicyclic) bond motifs is 13. The van der Waals surface area contributed by atoms with Gasteiger partial charge in [-0.15, -0.1) is 0 Å². The molecule has 1 aromatic heterocycles. The first-order valence-electron chi connectivity index (χ1n) is 25.7. The third-order valence-corrected chi connectivity index (χ3v) is 15.3. The van der Waals surface area contributed by atoms with Gasteiger partial charge in [0.05, 0.1) is 40.5 Å². The highest BCUT2D eigenvalue weighted by Gasteiger charge is 2.50. The molecule has 5 bridgehead atoms. The molecule has 0 radical (unpaired) electrons. The molecule has 3 aromatic rings. The molecular formula is C55H71N7O11. The Balaban J connectivity index is 1.09. The number of ketones is 1. The molecule has 6 aliphatic rings. The highest BCUT2D eigenvalue weighted by Crippen LogP contribution is 2.50. The van der Waals surface area contributed by atoms with E-state index in [-0.39, 0.29) is 80.2 Å². The van der Waals surface area contributed by atoms with Gasteiger partial charge in [0.25, 0.3) is 11.7 Å². The molecule has 2 unspecified atom stereocenters. The molecule has 7 atom stereocenters. The van der Waals surface area contributed by atoms with Gasteiger partial charge in [0, 0.05) is 105 Å². The summed E-state index contributed by atoms with van der Waals surface area (Å²) in [5.41, 5.74) is 0.292. The van der Waals surface area contributed by atoms with Crippen LogP contribution in [0.1, 0.15) is 109 Å². The summed E-state index contributed by atoms with van der Waals surface area (Å²) in [5.74, 6) is -6.56. The van der Waals surface area contributed by atoms with E-state index in [0.717, 1.165) is 12.2 Å². The van der Waals surface area contributed by atoms with E-state index in [4.69, 9.17) is 24.2 Å². The number of aliphatic hydroxyl groups excluding tert-OH is 2. The molecule has 73 heavy (non-hydrogen) atoms. The summed E-state index contributed by atoms with van der Waals surface area (Å²) in [4.78, 5) is 74.3. The number of pyridine rings is 1. The number of rotatable bonds is 7. The molecule has 2 amide bonds. The SMILES string of the molecule is C/C1=C/C=C/C(C)[C@H](O)[C@@H](C)C(O)[C@@H](C)[C@H](OC(=O)CC(=O)N2CCC(Nc3cccnc3)CC2)CC/C=C/O[C@@]2(C)Oc3c(C)c(O)c4c(O)c(c5c(c4c3C2=O)=NC2(CCN(CC(C)C)CC2)N=5)NC1=O. The number of amides is 2. The second-order valence-electron chi connectivity index (χ2n) is 21.2. The number of nitrogens with zero attached hydrogens (tertiary/aromatic N) is 5. The number of carbonyl (C=O) groups excluding carboxylic acids is 4. The van der Waals surface area contributed by atoms with Crippen LogP contribution in [-0.4, -0.2) is 127 Å². The number of allylic oxidation sites excluding steroid dienone is 3. The Labute approximate surface area is 425 Å². The van der Waals surface area contributed by atoms with Gasteiger partial charge in [0.1, 0.15) is 35.1 Å². The Morgan fingerprint density at radius 3 is 2.36 bits per heavy atom. The molecular weight excluding hydrogens is 935 g/mol. The Bertz CT molecular complexity index is 2830. The lowest BCUT2D eigenvalue weighted by Gasteiger charge is -2.36. The summed E-state index contributed by atoms with van der Waals surface area (Å²) in [6.45, 7) is 17.3. The van der Waals surface area contributed by atoms with Crippen LogP contribution in [0, 0.1) is 30.6 Å². The molecule has 2 saturated heterocycles. The molecule has 2 aromatic carbocycles. The summed E-state index contributed by atoms with van der Waals surface area (Å²) in [5, 5.41) is 54.1. The number of phenolic OH excluding ortho intramolecular Hbond substituents is 2. The van der Waals surface area contributed by atoms with Gasteiger partial charge >= 0.3 is 11.8 Å². The van der Waals surface area contributed by atoms with Crippen LogP contribution in [0.2, 0.25) is 0 Å². The van der Waals surface area contributed by atoms with Gasteiger partial charge < -0.3 is 55.1 Å². The minimum atomic E-state index is -1.94. The zero-order valence-electron chi connectivity index (χ0n) is 43.2. The standard InChI is InChI=1S/C55H71N7O11/c1-30(2)29-61-24-19-55(20-25-61)59-44-41-42-49(67)35(7)51-43(41)52(69)54(8,73-51)71-26-10-9-16-38(72-40(64)27-39(63)62-22-17-36(18-23-62)57-37-15-12-21-56-28-37)33(5)48(66)34(6)47(65)31(3)13-11-14-32(4)53(70)58-46(50(42)68)45(44)60-55/h10-15,21,26,28,30-31,33-34,36,38,47-48,57,65-68H,9,16-20,22-25,27,29H2,1-8H3,(H,58,70)/b13-11+,26-10+,32-14-/t31?,33-,34+,38+,47-,48?,54-/m0/s1. The molecule has 2 fully saturated rings. The van der Waals surface area contributed by atoms with E-state index in [9.17, 15) is 39.6 Å². The Hall–Kier alpha value is -6.37. The van der Waals surface area contributed by atoms with Crippen molar-refractivity contribution >= 4 is 45.7 Å². The maximum Gasteiger partial charge on any atom is 0.315 e. The quantitative estimate of drug-likeness (QED) is 0.0939. The van der Waals surface area contributed by atoms with Crippen LogP contribution in [0.5, 0.6) is 17.2 Å². The minimum absolute atomic E-state index is 0.0371. The summed E-state index contributed by atoms with van der Waals surface area (Å²) in [6.07, 6.45) is 10.5. The normalized spacial score (nSPS) is 28.6. The van der Waals surface area contributed by atoms with Crippen LogP contribution in [0.3, 0.4) is 0 Å². The summed E-state index contributed by atoms with van der Waals surface area (Å²) in [6, 6.07) is 3.93. The Kier molecular flexibility index (Phi) is 15.7. The fourth-order valence-electron chi connectivity index (χ4n) is 10.8. The number of carbonyl (C=O) groups is 4. The fraction of sp³-hybridized carbons (Fsp3) is 0.545. The lowest BCUT2D eigenvalue weighted by molar-refractivity contribution is -0.159. The van der Waals surface area contributed by atoms with Crippen molar-refractivity contribution in [3.05, 3.63) is 82.5 Å². The molecule has 7 heterocycles. The number of benzene rings is 2. The lowest BCUT2D eigenvalue weighted by atomic mass is 9.81. The zero-order chi connectivity index (χ0) is 52.5. The number of likely N-dealkylation sites (tertiary alicyclic amines) is 2. The number of piperidine rings is 2. The smallest absolute Gasteiger partial charge is 0.315 e. The van der Waals surface area contributed by atoms with Crippen LogP contribution in [0.25, 0.3) is 10.8 Å². The molecule has 6 aliphatic heterocycles. The summed E-state index contributed by atoms with van der Waals surface area (Å²) < 4.78 is 18.4. The highest BCUT2D eigenvalue weighted by molar-refractivity contribution is 6.19. The monoisotopic (exact) mass is 1010 g/mol. The van der Waals surface area contributed by atoms with Crippen LogP contribution < -0.4 is 26.1 Å². The molecule has 0 saturated carbocycles. The van der Waals surface area contributed by atoms with Gasteiger partial charge in [-0.2, -0.15) is 0 Å². The first kappa shape index (κ1) is 52.9. The number of hydrogen-bond donors (Lipinski definition) is 6. The van der Waals surface area contributed by atoms with Crippen molar-refractivity contribution in [2.75, 3.05) is 43.4 Å². The third-order valence-electron chi connectivity index (χ3n) is 15.3. The van der Waals surface area contributed by atoms with Crippen LogP contribution in [0.4, 0.5) is 11.4 Å². The summed E-state index contributed by atoms with van der Waals surface area (Å²) >= 11 is 0. The minimum Gasteiger partial charge on any atom is -0.507 e. The van der Waals surface area contributed by atoms with Crippen molar-refractivity contribution in [3.63, 3.8) is 0 Å². The number of esters is 1. The van der Waals surface area contributed by atoms with Crippen molar-refractivity contribution in [1.29, 1.82) is 0 Å². The van der Waals surface area contributed by atoms with E-state index >= 15 is 0 Å². The maximum atomic E-state index is 14.8. The van der Waals surface area contributed by atoms with Gasteiger partial charge in [-0.1, -0.05) is 52.8 Å². The number of aliphatic hydroxyl groups is 2. The average Bonchev–Trinajstić information content (AvgIpc) is 3.86. The number of nitrogens with one attached hydrogen (secondary N) is 2. The van der Waals surface area contributed by atoms with Crippen LogP contribution >= 0.6 is 0 Å². The fourth-order valence-corrected chi connectivity index (χ4v) is 10.8. The second-order valence-corrected chi connectivity index (χ2v) is 21.2. The highest BCUT2D eigenvalue weighted by atomic mass is 16.7. The van der Waals surface area contributed by atoms with E-state index in [1.807, 2.05) is 12.1 Å². The van der Waals surface area contributed by atoms with E-state index in [1.165, 1.54) is 13.2 Å². The number of Topliss-reactive ketones (excluding diaryl/α,β-unsaturated/α-hetero) is 1. The van der Waals surface area contributed by atoms with E-state index in [0.29, 0.717) is 57.8 Å². The zero-order valence-corrected chi connectivity index (χ0v) is 43.2. The molecule has 6 N–H and O–H groups in total. The predicted molar refractivity (Wildman–Crippen MR) is 273 cm³/mol. The van der Waals surface area contributed by atoms with E-state index in [1.54, 1.807) is 76.2 Å². The predicted octanol–water partition coefficient (Wildman–Crippen LogP) is 5.75. The average molecular weight is 1010 g/mol. The van der Waals surface area contributed by atoms with Gasteiger partial charge in [-0.05, 0) is 63.7 Å². The van der Waals surface area contributed by atoms with Crippen molar-refractivity contribution in [1.82, 2.24) is 14.8 Å². The van der Waals surface area contributed by atoms with Gasteiger partial charge in [0.2, 0.25) is 5.91 Å². The van der Waals surface area contributed by atoms with E-state index in [2.05, 4.69) is 34.4 Å². The largest absolute Gasteiger partial charge is 0.507 e. The number of aromatic hydroxyl groups is 2. The molecule has 9 rings (SSSR count). The molecule has 0 aliphatic carbocycles. The van der Waals surface area contributed by atoms with Crippen molar-refractivity contribution in [2.45, 2.75) is 136 Å². The lowest BCUT2D eigenvalue weighted by Crippen LogP contribution is -2.44. The van der Waals surface area contributed by atoms with Crippen LogP contribution in [-0.2, 0) is 23.9 Å². The molecule has 18 nitrogen and oxygen atoms in total. The molecule has 1 spiro atoms. The maximum absolute atomic E-state index is 14.8. The number of phenols is 2. The Morgan fingerprint density at radius 2 is 1.67 bits per heavy atom. The van der Waals surface area contributed by atoms with Crippen molar-refractivity contribution in [2.24, 2.45) is 33.7 Å². The first-order chi connectivity index (χ1) is 34.7. The first-order valence-corrected chi connectivity index (χ1v) is 25.7. The second kappa shape index (κ2) is 21.6. The van der Waals surface area contributed by atoms with Crippen molar-refractivity contribution in [3.8, 4) is 17.2 Å². The molecule has 18 heteroatoms. The third kappa shape index (κ3) is 11.0.